The first-order valence-electron chi connectivity index (χ1n) is 13.9. The molecule has 2 bridgehead atoms. The minimum Gasteiger partial charge on any atom is -0.394 e. The van der Waals surface area contributed by atoms with Crippen LogP contribution < -0.4 is 0 Å². The zero-order chi connectivity index (χ0) is 27.7. The monoisotopic (exact) mass is 517 g/mol. The summed E-state index contributed by atoms with van der Waals surface area (Å²) in [6.45, 7) is 18.0. The summed E-state index contributed by atoms with van der Waals surface area (Å²) >= 11 is 0. The second kappa shape index (κ2) is 11.3. The fourth-order valence-corrected chi connectivity index (χ4v) is 7.17. The van der Waals surface area contributed by atoms with Crippen LogP contribution in [0.2, 0.25) is 0 Å². The number of carbonyl (C=O) groups is 3. The summed E-state index contributed by atoms with van der Waals surface area (Å²) in [5.74, 6) is -2.13. The molecule has 7 atom stereocenters. The van der Waals surface area contributed by atoms with Gasteiger partial charge in [0.2, 0.25) is 17.7 Å². The van der Waals surface area contributed by atoms with Crippen LogP contribution in [0.1, 0.15) is 66.7 Å². The molecule has 37 heavy (non-hydrogen) atoms. The van der Waals surface area contributed by atoms with E-state index in [1.165, 1.54) is 0 Å². The van der Waals surface area contributed by atoms with Gasteiger partial charge in [0.15, 0.2) is 0 Å². The number of carbonyl (C=O) groups excluding carboxylic acids is 3. The fraction of sp³-hybridized carbons (Fsp3) is 0.759. The van der Waals surface area contributed by atoms with Crippen LogP contribution in [-0.2, 0) is 19.1 Å². The van der Waals surface area contributed by atoms with Gasteiger partial charge < -0.3 is 24.5 Å². The Bertz CT molecular complexity index is 906. The van der Waals surface area contributed by atoms with E-state index in [1.807, 2.05) is 27.7 Å². The van der Waals surface area contributed by atoms with Crippen molar-refractivity contribution in [3.05, 3.63) is 25.3 Å². The number of hydrogen-bond donors (Lipinski definition) is 1. The molecule has 8 heteroatoms. The first kappa shape index (κ1) is 29.4. The van der Waals surface area contributed by atoms with E-state index < -0.39 is 35.1 Å². The van der Waals surface area contributed by atoms with Crippen molar-refractivity contribution in [3.63, 3.8) is 0 Å². The first-order valence-corrected chi connectivity index (χ1v) is 13.9. The molecule has 0 aliphatic carbocycles. The summed E-state index contributed by atoms with van der Waals surface area (Å²) < 4.78 is 6.87. The van der Waals surface area contributed by atoms with E-state index >= 15 is 0 Å². The number of nitrogens with zero attached hydrogens (tertiary/aromatic N) is 3. The maximum atomic E-state index is 14.5. The van der Waals surface area contributed by atoms with Crippen molar-refractivity contribution in [2.24, 2.45) is 17.8 Å². The molecule has 3 rings (SSSR count). The number of likely N-dealkylation sites (N-methyl/N-ethyl adjacent to an activating group) is 1. The molecule has 3 saturated heterocycles. The molecule has 3 unspecified atom stereocenters. The lowest BCUT2D eigenvalue weighted by atomic mass is 9.64. The van der Waals surface area contributed by atoms with E-state index in [9.17, 15) is 19.5 Å². The Kier molecular flexibility index (Phi) is 8.95. The molecule has 3 heterocycles. The van der Waals surface area contributed by atoms with E-state index in [2.05, 4.69) is 20.1 Å². The van der Waals surface area contributed by atoms with Crippen molar-refractivity contribution < 1.29 is 24.2 Å². The average molecular weight is 518 g/mol. The lowest BCUT2D eigenvalue weighted by Gasteiger charge is -2.42. The molecule has 0 saturated carbocycles. The highest BCUT2D eigenvalue weighted by atomic mass is 16.5. The smallest absolute Gasteiger partial charge is 0.248 e. The lowest BCUT2D eigenvalue weighted by molar-refractivity contribution is -0.159. The second-order valence-electron chi connectivity index (χ2n) is 11.5. The van der Waals surface area contributed by atoms with Crippen LogP contribution in [0.25, 0.3) is 0 Å². The number of fused-ring (bicyclic) bond motifs is 1. The van der Waals surface area contributed by atoms with Crippen LogP contribution in [-0.4, -0.2) is 93.6 Å². The minimum atomic E-state index is -1.10. The Morgan fingerprint density at radius 2 is 1.81 bits per heavy atom. The molecule has 0 radical (unpaired) electrons. The Morgan fingerprint density at radius 1 is 1.16 bits per heavy atom. The standard InChI is InChI=1S/C29H47N3O5/c1-9-13-20(7)31(17-11-3)27(36)24-29-15-14-28(12-4,37-29)22(25(34)30(8)16-10-2)23(29)26(35)32(24)21(18-33)19(5)6/h10-11,19-24,33H,2-3,9,12-18H2,1,4-8H3/t20?,21-,22-,23-,24?,28+,29?/m0/s1. The van der Waals surface area contributed by atoms with Gasteiger partial charge in [0.1, 0.15) is 11.6 Å². The third-order valence-corrected chi connectivity index (χ3v) is 9.06. The van der Waals surface area contributed by atoms with E-state index in [4.69, 9.17) is 4.74 Å². The Hall–Kier alpha value is -2.19. The summed E-state index contributed by atoms with van der Waals surface area (Å²) in [5, 5.41) is 10.4. The topological polar surface area (TPSA) is 90.4 Å². The van der Waals surface area contributed by atoms with Crippen LogP contribution >= 0.6 is 0 Å². The molecule has 3 amide bonds. The van der Waals surface area contributed by atoms with Crippen molar-refractivity contribution in [1.29, 1.82) is 0 Å². The summed E-state index contributed by atoms with van der Waals surface area (Å²) in [4.78, 5) is 47.7. The Labute approximate surface area is 222 Å². The predicted molar refractivity (Wildman–Crippen MR) is 144 cm³/mol. The van der Waals surface area contributed by atoms with Crippen LogP contribution in [0, 0.1) is 17.8 Å². The molecule has 3 aliphatic rings. The van der Waals surface area contributed by atoms with Crippen molar-refractivity contribution in [1.82, 2.24) is 14.7 Å². The summed E-state index contributed by atoms with van der Waals surface area (Å²) in [6.07, 6.45) is 6.82. The van der Waals surface area contributed by atoms with Gasteiger partial charge >= 0.3 is 0 Å². The molecule has 0 aromatic carbocycles. The van der Waals surface area contributed by atoms with Crippen LogP contribution in [0.4, 0.5) is 0 Å². The second-order valence-corrected chi connectivity index (χ2v) is 11.5. The molecule has 1 spiro atoms. The normalized spacial score (nSPS) is 31.8. The molecular weight excluding hydrogens is 470 g/mol. The van der Waals surface area contributed by atoms with Crippen LogP contribution in [0.5, 0.6) is 0 Å². The quantitative estimate of drug-likeness (QED) is 0.379. The van der Waals surface area contributed by atoms with E-state index in [-0.39, 0.29) is 36.3 Å². The molecule has 0 aromatic rings. The third-order valence-electron chi connectivity index (χ3n) is 9.06. The van der Waals surface area contributed by atoms with Gasteiger partial charge in [-0.25, -0.2) is 0 Å². The summed E-state index contributed by atoms with van der Waals surface area (Å²) in [5.41, 5.74) is -1.89. The van der Waals surface area contributed by atoms with Crippen molar-refractivity contribution in [3.8, 4) is 0 Å². The SMILES string of the molecule is C=CCN(C)C(=O)[C@@H]1[C@H]2C(=O)N([C@@H](CO)C(C)C)C(C(=O)N(CC=C)C(C)CCC)C23CC[C@@]1(CC)O3. The van der Waals surface area contributed by atoms with E-state index in [0.29, 0.717) is 32.4 Å². The summed E-state index contributed by atoms with van der Waals surface area (Å²) in [6, 6.07) is -1.51. The molecule has 8 nitrogen and oxygen atoms in total. The number of likely N-dealkylation sites (tertiary alicyclic amines) is 1. The van der Waals surface area contributed by atoms with Gasteiger partial charge in [0.05, 0.1) is 30.1 Å². The average Bonchev–Trinajstić information content (AvgIpc) is 3.46. The highest BCUT2D eigenvalue weighted by Gasteiger charge is 2.79. The number of hydrogen-bond acceptors (Lipinski definition) is 5. The molecule has 208 valence electrons. The number of aliphatic hydroxyl groups excluding tert-OH is 1. The third kappa shape index (κ3) is 4.54. The van der Waals surface area contributed by atoms with Gasteiger partial charge in [-0.15, -0.1) is 13.2 Å². The first-order chi connectivity index (χ1) is 17.5. The van der Waals surface area contributed by atoms with Gasteiger partial charge in [0, 0.05) is 26.2 Å². The van der Waals surface area contributed by atoms with Crippen molar-refractivity contribution in [2.75, 3.05) is 26.7 Å². The Morgan fingerprint density at radius 3 is 2.32 bits per heavy atom. The maximum Gasteiger partial charge on any atom is 0.248 e. The molecule has 3 fully saturated rings. The molecule has 0 aromatic heterocycles. The number of rotatable bonds is 13. The largest absolute Gasteiger partial charge is 0.394 e. The summed E-state index contributed by atoms with van der Waals surface area (Å²) in [7, 11) is 1.72. The van der Waals surface area contributed by atoms with E-state index in [1.54, 1.807) is 33.9 Å². The highest BCUT2D eigenvalue weighted by Crippen LogP contribution is 2.65. The van der Waals surface area contributed by atoms with Gasteiger partial charge in [-0.1, -0.05) is 46.3 Å². The lowest BCUT2D eigenvalue weighted by Crippen LogP contribution is -2.60. The van der Waals surface area contributed by atoms with Crippen molar-refractivity contribution in [2.45, 2.75) is 96.1 Å². The maximum absolute atomic E-state index is 14.5. The molecular formula is C29H47N3O5. The Balaban J connectivity index is 2.19. The van der Waals surface area contributed by atoms with E-state index in [0.717, 1.165) is 12.8 Å². The fourth-order valence-electron chi connectivity index (χ4n) is 7.17. The van der Waals surface area contributed by atoms with Crippen molar-refractivity contribution >= 4 is 17.7 Å². The van der Waals surface area contributed by atoms with Gasteiger partial charge in [-0.05, 0) is 38.5 Å². The highest BCUT2D eigenvalue weighted by molar-refractivity contribution is 5.99. The minimum absolute atomic E-state index is 0.0515. The van der Waals surface area contributed by atoms with Crippen LogP contribution in [0.15, 0.2) is 25.3 Å². The van der Waals surface area contributed by atoms with Gasteiger partial charge in [-0.3, -0.25) is 14.4 Å². The zero-order valence-corrected chi connectivity index (χ0v) is 23.6. The predicted octanol–water partition coefficient (Wildman–Crippen LogP) is 3.01. The zero-order valence-electron chi connectivity index (χ0n) is 23.6. The number of amides is 3. The molecule has 1 N–H and O–H groups in total. The number of aliphatic hydroxyl groups is 1. The number of ether oxygens (including phenoxy) is 1. The van der Waals surface area contributed by atoms with Crippen LogP contribution in [0.3, 0.4) is 0 Å². The molecule has 3 aliphatic heterocycles. The van der Waals surface area contributed by atoms with Gasteiger partial charge in [0.25, 0.3) is 0 Å². The van der Waals surface area contributed by atoms with Gasteiger partial charge in [-0.2, -0.15) is 0 Å².